The van der Waals surface area contributed by atoms with Crippen molar-refractivity contribution in [1.82, 2.24) is 15.0 Å². The summed E-state index contributed by atoms with van der Waals surface area (Å²) < 4.78 is 30.2. The molecule has 0 spiro atoms. The monoisotopic (exact) mass is 461 g/mol. The van der Waals surface area contributed by atoms with E-state index in [1.54, 1.807) is 36.4 Å². The molecule has 1 atom stereocenters. The number of hydrogen-bond acceptors (Lipinski definition) is 8. The predicted molar refractivity (Wildman–Crippen MR) is 123 cm³/mol. The third-order valence-corrected chi connectivity index (χ3v) is 6.10. The van der Waals surface area contributed by atoms with Crippen LogP contribution in [0.3, 0.4) is 0 Å². The summed E-state index contributed by atoms with van der Waals surface area (Å²) in [5.41, 5.74) is 7.67. The topological polar surface area (TPSA) is 111 Å². The Hall–Kier alpha value is -2.75. The molecule has 1 fully saturated rings. The third kappa shape index (κ3) is 4.95. The van der Waals surface area contributed by atoms with E-state index in [9.17, 15) is 8.42 Å². The van der Waals surface area contributed by atoms with Crippen LogP contribution < -0.4 is 10.6 Å². The molecule has 1 aliphatic rings. The third-order valence-electron chi connectivity index (χ3n) is 4.94. The van der Waals surface area contributed by atoms with Crippen LogP contribution in [-0.2, 0) is 14.6 Å². The summed E-state index contributed by atoms with van der Waals surface area (Å²) in [5, 5.41) is 0. The van der Waals surface area contributed by atoms with Crippen molar-refractivity contribution in [2.75, 3.05) is 36.6 Å². The molecule has 1 aromatic heterocycles. The van der Waals surface area contributed by atoms with E-state index in [1.165, 1.54) is 6.26 Å². The molecule has 1 saturated heterocycles. The highest BCUT2D eigenvalue weighted by molar-refractivity contribution is 7.90. The number of benzene rings is 2. The lowest BCUT2D eigenvalue weighted by molar-refractivity contribution is 0.0981. The van der Waals surface area contributed by atoms with Gasteiger partial charge in [0, 0.05) is 29.6 Å². The van der Waals surface area contributed by atoms with Gasteiger partial charge in [-0.1, -0.05) is 12.1 Å². The van der Waals surface area contributed by atoms with Crippen LogP contribution in [0.5, 0.6) is 0 Å². The smallest absolute Gasteiger partial charge is 0.229 e. The van der Waals surface area contributed by atoms with E-state index in [2.05, 4.69) is 19.9 Å². The zero-order chi connectivity index (χ0) is 21.3. The molecule has 31 heavy (non-hydrogen) atoms. The van der Waals surface area contributed by atoms with Gasteiger partial charge in [-0.05, 0) is 43.3 Å². The largest absolute Gasteiger partial charge is 0.399 e. The zero-order valence-electron chi connectivity index (χ0n) is 17.2. The number of nitrogen functional groups attached to an aromatic ring is 1. The highest BCUT2D eigenvalue weighted by Gasteiger charge is 2.25. The van der Waals surface area contributed by atoms with Gasteiger partial charge in [0.2, 0.25) is 5.95 Å². The van der Waals surface area contributed by atoms with Gasteiger partial charge in [0.25, 0.3) is 0 Å². The predicted octanol–water partition coefficient (Wildman–Crippen LogP) is 2.84. The number of sulfone groups is 1. The maximum Gasteiger partial charge on any atom is 0.229 e. The minimum absolute atomic E-state index is 0. The van der Waals surface area contributed by atoms with Crippen LogP contribution in [0, 0.1) is 0 Å². The van der Waals surface area contributed by atoms with E-state index in [0.717, 1.165) is 5.56 Å². The van der Waals surface area contributed by atoms with Gasteiger partial charge in [0.05, 0.1) is 24.2 Å². The van der Waals surface area contributed by atoms with Crippen LogP contribution in [0.2, 0.25) is 0 Å². The average molecular weight is 462 g/mol. The van der Waals surface area contributed by atoms with Gasteiger partial charge in [-0.15, -0.1) is 12.4 Å². The summed E-state index contributed by atoms with van der Waals surface area (Å²) in [4.78, 5) is 16.2. The van der Waals surface area contributed by atoms with Gasteiger partial charge in [0.1, 0.15) is 0 Å². The first-order valence-corrected chi connectivity index (χ1v) is 11.5. The Morgan fingerprint density at radius 2 is 1.71 bits per heavy atom. The van der Waals surface area contributed by atoms with Gasteiger partial charge < -0.3 is 15.4 Å². The molecule has 0 radical (unpaired) electrons. The number of nitrogens with zero attached hydrogens (tertiary/aromatic N) is 4. The molecular weight excluding hydrogens is 438 g/mol. The molecule has 2 heterocycles. The number of nitrogens with two attached hydrogens (primary N) is 1. The van der Waals surface area contributed by atoms with Crippen molar-refractivity contribution in [2.24, 2.45) is 0 Å². The van der Waals surface area contributed by atoms with Crippen molar-refractivity contribution in [1.29, 1.82) is 0 Å². The fourth-order valence-electron chi connectivity index (χ4n) is 3.37. The Kier molecular flexibility index (Phi) is 6.78. The second-order valence-electron chi connectivity index (χ2n) is 7.29. The first kappa shape index (κ1) is 22.9. The van der Waals surface area contributed by atoms with Crippen LogP contribution in [0.1, 0.15) is 6.92 Å². The van der Waals surface area contributed by atoms with Gasteiger partial charge >= 0.3 is 0 Å². The minimum atomic E-state index is -3.46. The molecule has 0 aliphatic carbocycles. The van der Waals surface area contributed by atoms with Crippen molar-refractivity contribution < 1.29 is 13.2 Å². The molecule has 164 valence electrons. The van der Waals surface area contributed by atoms with Crippen LogP contribution in [0.25, 0.3) is 22.8 Å². The lowest BCUT2D eigenvalue weighted by atomic mass is 10.1. The van der Waals surface area contributed by atoms with E-state index in [-0.39, 0.29) is 23.3 Å². The van der Waals surface area contributed by atoms with Gasteiger partial charge in [-0.2, -0.15) is 9.97 Å². The molecule has 3 aromatic rings. The Bertz CT molecular complexity index is 1170. The standard InChI is InChI=1S/C21H23N5O3S.ClH/c1-14-13-29-12-11-26(14)21-24-19(15-7-9-16(22)10-8-15)23-20(25-21)17-5-3-4-6-18(17)30(2,27)28;/h3-10,14H,11-13,22H2,1-2H3;1H. The molecule has 10 heteroatoms. The number of ether oxygens (including phenoxy) is 1. The number of hydrogen-bond donors (Lipinski definition) is 1. The number of halogens is 1. The Morgan fingerprint density at radius 3 is 2.39 bits per heavy atom. The summed E-state index contributed by atoms with van der Waals surface area (Å²) >= 11 is 0. The van der Waals surface area contributed by atoms with E-state index in [0.29, 0.717) is 48.6 Å². The first-order valence-electron chi connectivity index (χ1n) is 9.59. The quantitative estimate of drug-likeness (QED) is 0.590. The molecule has 1 unspecified atom stereocenters. The number of aromatic nitrogens is 3. The van der Waals surface area contributed by atoms with Crippen LogP contribution in [0.15, 0.2) is 53.4 Å². The minimum Gasteiger partial charge on any atom is -0.399 e. The maximum atomic E-state index is 12.3. The van der Waals surface area contributed by atoms with Gasteiger partial charge in [0.15, 0.2) is 21.5 Å². The van der Waals surface area contributed by atoms with E-state index >= 15 is 0 Å². The lowest BCUT2D eigenvalue weighted by Crippen LogP contribution is -2.44. The van der Waals surface area contributed by atoms with Crippen LogP contribution >= 0.6 is 12.4 Å². The number of morpholine rings is 1. The molecule has 4 rings (SSSR count). The molecule has 1 aliphatic heterocycles. The van der Waals surface area contributed by atoms with E-state index in [4.69, 9.17) is 10.5 Å². The van der Waals surface area contributed by atoms with Crippen molar-refractivity contribution in [3.63, 3.8) is 0 Å². The zero-order valence-corrected chi connectivity index (χ0v) is 18.9. The molecule has 0 saturated carbocycles. The molecule has 2 aromatic carbocycles. The van der Waals surface area contributed by atoms with Crippen LogP contribution in [-0.4, -0.2) is 55.4 Å². The maximum absolute atomic E-state index is 12.3. The number of rotatable bonds is 4. The van der Waals surface area contributed by atoms with E-state index < -0.39 is 9.84 Å². The highest BCUT2D eigenvalue weighted by Crippen LogP contribution is 2.29. The summed E-state index contributed by atoms with van der Waals surface area (Å²) in [6.07, 6.45) is 1.18. The first-order chi connectivity index (χ1) is 14.3. The Morgan fingerprint density at radius 1 is 1.03 bits per heavy atom. The second kappa shape index (κ2) is 9.17. The van der Waals surface area contributed by atoms with Crippen molar-refractivity contribution in [2.45, 2.75) is 17.9 Å². The Labute approximate surface area is 187 Å². The molecule has 0 bridgehead atoms. The van der Waals surface area contributed by atoms with Gasteiger partial charge in [-0.3, -0.25) is 0 Å². The fraction of sp³-hybridized carbons (Fsp3) is 0.286. The highest BCUT2D eigenvalue weighted by atomic mass is 35.5. The normalized spacial score (nSPS) is 16.6. The lowest BCUT2D eigenvalue weighted by Gasteiger charge is -2.33. The van der Waals surface area contributed by atoms with E-state index in [1.807, 2.05) is 19.1 Å². The summed E-state index contributed by atoms with van der Waals surface area (Å²) in [6.45, 7) is 3.82. The summed E-state index contributed by atoms with van der Waals surface area (Å²) in [6, 6.07) is 14.0. The molecule has 0 amide bonds. The summed E-state index contributed by atoms with van der Waals surface area (Å²) in [7, 11) is -3.46. The van der Waals surface area contributed by atoms with Crippen molar-refractivity contribution in [3.8, 4) is 22.8 Å². The number of anilines is 2. The fourth-order valence-corrected chi connectivity index (χ4v) is 4.26. The average Bonchev–Trinajstić information content (AvgIpc) is 2.74. The molecular formula is C21H24ClN5O3S. The van der Waals surface area contributed by atoms with Crippen LogP contribution in [0.4, 0.5) is 11.6 Å². The van der Waals surface area contributed by atoms with Crippen molar-refractivity contribution in [3.05, 3.63) is 48.5 Å². The van der Waals surface area contributed by atoms with Gasteiger partial charge in [-0.25, -0.2) is 13.4 Å². The molecule has 8 nitrogen and oxygen atoms in total. The molecule has 2 N–H and O–H groups in total. The Balaban J connectivity index is 0.00000272. The summed E-state index contributed by atoms with van der Waals surface area (Å²) in [5.74, 6) is 1.26. The van der Waals surface area contributed by atoms with Crippen molar-refractivity contribution >= 4 is 33.9 Å². The SMILES string of the molecule is CC1COCCN1c1nc(-c2ccc(N)cc2)nc(-c2ccccc2S(C)(=O)=O)n1.Cl. The second-order valence-corrected chi connectivity index (χ2v) is 9.27.